The molecule has 0 amide bonds. The second kappa shape index (κ2) is 5.19. The van der Waals surface area contributed by atoms with Crippen molar-refractivity contribution in [3.63, 3.8) is 0 Å². The molecule has 0 radical (unpaired) electrons. The van der Waals surface area contributed by atoms with Crippen molar-refractivity contribution in [1.82, 2.24) is 4.98 Å². The maximum atomic E-state index is 8.91. The van der Waals surface area contributed by atoms with Crippen LogP contribution in [0, 0.1) is 18.3 Å². The number of aromatic nitrogens is 1. The summed E-state index contributed by atoms with van der Waals surface area (Å²) >= 11 is 0. The van der Waals surface area contributed by atoms with Gasteiger partial charge in [-0.2, -0.15) is 5.26 Å². The lowest BCUT2D eigenvalue weighted by atomic mass is 10.2. The molecule has 18 heavy (non-hydrogen) atoms. The standard InChI is InChI=1S/C14H13N3O/c1-10-4-5-14(12(16)7-10)18-9-11-3-2-6-17-13(11)8-15/h2-7H,9,16H2,1H3. The highest BCUT2D eigenvalue weighted by molar-refractivity contribution is 5.54. The number of hydrogen-bond donors (Lipinski definition) is 1. The molecule has 0 spiro atoms. The van der Waals surface area contributed by atoms with E-state index in [0.717, 1.165) is 11.1 Å². The lowest BCUT2D eigenvalue weighted by Gasteiger charge is -2.09. The number of pyridine rings is 1. The minimum absolute atomic E-state index is 0.282. The van der Waals surface area contributed by atoms with Crippen LogP contribution in [0.4, 0.5) is 5.69 Å². The summed E-state index contributed by atoms with van der Waals surface area (Å²) in [6.45, 7) is 2.25. The first-order chi connectivity index (χ1) is 8.70. The normalized spacial score (nSPS) is 9.78. The summed E-state index contributed by atoms with van der Waals surface area (Å²) in [5.74, 6) is 0.619. The number of benzene rings is 1. The average molecular weight is 239 g/mol. The van der Waals surface area contributed by atoms with E-state index in [1.807, 2.05) is 37.3 Å². The van der Waals surface area contributed by atoms with Gasteiger partial charge in [0.15, 0.2) is 0 Å². The van der Waals surface area contributed by atoms with Crippen molar-refractivity contribution in [2.45, 2.75) is 13.5 Å². The first-order valence-corrected chi connectivity index (χ1v) is 5.53. The fourth-order valence-electron chi connectivity index (χ4n) is 1.61. The van der Waals surface area contributed by atoms with E-state index in [1.165, 1.54) is 0 Å². The molecule has 0 aliphatic heterocycles. The third-order valence-corrected chi connectivity index (χ3v) is 2.55. The van der Waals surface area contributed by atoms with Crippen molar-refractivity contribution >= 4 is 5.69 Å². The van der Waals surface area contributed by atoms with Crippen molar-refractivity contribution in [3.05, 3.63) is 53.3 Å². The molecule has 4 nitrogen and oxygen atoms in total. The van der Waals surface area contributed by atoms with Crippen LogP contribution < -0.4 is 10.5 Å². The van der Waals surface area contributed by atoms with E-state index in [2.05, 4.69) is 4.98 Å². The fourth-order valence-corrected chi connectivity index (χ4v) is 1.61. The van der Waals surface area contributed by atoms with Crippen molar-refractivity contribution in [2.75, 3.05) is 5.73 Å². The Morgan fingerprint density at radius 1 is 1.39 bits per heavy atom. The second-order valence-electron chi connectivity index (χ2n) is 3.95. The Balaban J connectivity index is 2.14. The number of nitrogens with zero attached hydrogens (tertiary/aromatic N) is 2. The maximum absolute atomic E-state index is 8.91. The predicted octanol–water partition coefficient (Wildman–Crippen LogP) is 2.42. The van der Waals surface area contributed by atoms with E-state index >= 15 is 0 Å². The molecule has 2 N–H and O–H groups in total. The lowest BCUT2D eigenvalue weighted by molar-refractivity contribution is 0.307. The molecule has 1 aromatic carbocycles. The first-order valence-electron chi connectivity index (χ1n) is 5.53. The van der Waals surface area contributed by atoms with Gasteiger partial charge in [0, 0.05) is 11.8 Å². The Morgan fingerprint density at radius 2 is 2.22 bits per heavy atom. The van der Waals surface area contributed by atoms with E-state index in [1.54, 1.807) is 12.3 Å². The van der Waals surface area contributed by atoms with Gasteiger partial charge in [0.25, 0.3) is 0 Å². The highest BCUT2D eigenvalue weighted by Gasteiger charge is 2.05. The molecule has 1 aromatic heterocycles. The fraction of sp³-hybridized carbons (Fsp3) is 0.143. The first kappa shape index (κ1) is 11.9. The van der Waals surface area contributed by atoms with Gasteiger partial charge in [0.2, 0.25) is 0 Å². The summed E-state index contributed by atoms with van der Waals surface area (Å²) in [7, 11) is 0. The van der Waals surface area contributed by atoms with Gasteiger partial charge in [0.05, 0.1) is 5.69 Å². The number of ether oxygens (including phenoxy) is 1. The lowest BCUT2D eigenvalue weighted by Crippen LogP contribution is -2.02. The maximum Gasteiger partial charge on any atom is 0.147 e. The van der Waals surface area contributed by atoms with Crippen LogP contribution in [0.3, 0.4) is 0 Å². The zero-order chi connectivity index (χ0) is 13.0. The van der Waals surface area contributed by atoms with Crippen LogP contribution in [-0.4, -0.2) is 4.98 Å². The Labute approximate surface area is 106 Å². The molecule has 2 rings (SSSR count). The van der Waals surface area contributed by atoms with Crippen LogP contribution in [0.15, 0.2) is 36.5 Å². The van der Waals surface area contributed by atoms with Gasteiger partial charge in [-0.15, -0.1) is 0 Å². The smallest absolute Gasteiger partial charge is 0.147 e. The summed E-state index contributed by atoms with van der Waals surface area (Å²) < 4.78 is 5.60. The molecule has 90 valence electrons. The molecule has 4 heteroatoms. The number of hydrogen-bond acceptors (Lipinski definition) is 4. The molecular formula is C14H13N3O. The van der Waals surface area contributed by atoms with Crippen LogP contribution in [0.5, 0.6) is 5.75 Å². The molecule has 0 unspecified atom stereocenters. The molecule has 0 fully saturated rings. The van der Waals surface area contributed by atoms with Crippen LogP contribution in [0.25, 0.3) is 0 Å². The van der Waals surface area contributed by atoms with Crippen molar-refractivity contribution in [1.29, 1.82) is 5.26 Å². The van der Waals surface area contributed by atoms with Gasteiger partial charge >= 0.3 is 0 Å². The Hall–Kier alpha value is -2.54. The third kappa shape index (κ3) is 2.58. The minimum Gasteiger partial charge on any atom is -0.487 e. The second-order valence-corrected chi connectivity index (χ2v) is 3.95. The molecule has 0 aliphatic carbocycles. The monoisotopic (exact) mass is 239 g/mol. The minimum atomic E-state index is 0.282. The largest absolute Gasteiger partial charge is 0.487 e. The number of nitrogens with two attached hydrogens (primary N) is 1. The number of rotatable bonds is 3. The molecule has 0 atom stereocenters. The molecule has 2 aromatic rings. The van der Waals surface area contributed by atoms with Crippen molar-refractivity contribution < 1.29 is 4.74 Å². The molecular weight excluding hydrogens is 226 g/mol. The van der Waals surface area contributed by atoms with Crippen molar-refractivity contribution in [2.24, 2.45) is 0 Å². The van der Waals surface area contributed by atoms with Gasteiger partial charge in [-0.25, -0.2) is 4.98 Å². The van der Waals surface area contributed by atoms with Crippen LogP contribution >= 0.6 is 0 Å². The predicted molar refractivity (Wildman–Crippen MR) is 68.9 cm³/mol. The van der Waals surface area contributed by atoms with Gasteiger partial charge in [-0.1, -0.05) is 12.1 Å². The van der Waals surface area contributed by atoms with Crippen LogP contribution in [0.1, 0.15) is 16.8 Å². The van der Waals surface area contributed by atoms with E-state index in [9.17, 15) is 0 Å². The third-order valence-electron chi connectivity index (χ3n) is 2.55. The van der Waals surface area contributed by atoms with E-state index < -0.39 is 0 Å². The van der Waals surface area contributed by atoms with E-state index in [4.69, 9.17) is 15.7 Å². The summed E-state index contributed by atoms with van der Waals surface area (Å²) in [6.07, 6.45) is 1.59. The van der Waals surface area contributed by atoms with E-state index in [0.29, 0.717) is 17.1 Å². The summed E-state index contributed by atoms with van der Waals surface area (Å²) in [5.41, 5.74) is 8.66. The topological polar surface area (TPSA) is 71.9 Å². The van der Waals surface area contributed by atoms with Crippen molar-refractivity contribution in [3.8, 4) is 11.8 Å². The average Bonchev–Trinajstić information content (AvgIpc) is 2.38. The van der Waals surface area contributed by atoms with Gasteiger partial charge in [-0.05, 0) is 30.7 Å². The molecule has 1 heterocycles. The zero-order valence-electron chi connectivity index (χ0n) is 10.1. The quantitative estimate of drug-likeness (QED) is 0.835. The SMILES string of the molecule is Cc1ccc(OCc2cccnc2C#N)c(N)c1. The zero-order valence-corrected chi connectivity index (χ0v) is 10.1. The number of aryl methyl sites for hydroxylation is 1. The molecule has 0 aliphatic rings. The molecule has 0 bridgehead atoms. The Bertz CT molecular complexity index is 602. The summed E-state index contributed by atoms with van der Waals surface area (Å²) in [6, 6.07) is 11.2. The Morgan fingerprint density at radius 3 is 2.94 bits per heavy atom. The van der Waals surface area contributed by atoms with Crippen LogP contribution in [0.2, 0.25) is 0 Å². The van der Waals surface area contributed by atoms with E-state index in [-0.39, 0.29) is 6.61 Å². The number of anilines is 1. The highest BCUT2D eigenvalue weighted by atomic mass is 16.5. The summed E-state index contributed by atoms with van der Waals surface area (Å²) in [5, 5.41) is 8.91. The van der Waals surface area contributed by atoms with Gasteiger partial charge < -0.3 is 10.5 Å². The summed E-state index contributed by atoms with van der Waals surface area (Å²) in [4.78, 5) is 3.97. The molecule has 0 saturated carbocycles. The number of nitriles is 1. The van der Waals surface area contributed by atoms with Crippen LogP contribution in [-0.2, 0) is 6.61 Å². The Kier molecular flexibility index (Phi) is 3.44. The highest BCUT2D eigenvalue weighted by Crippen LogP contribution is 2.23. The van der Waals surface area contributed by atoms with Gasteiger partial charge in [-0.3, -0.25) is 0 Å². The molecule has 0 saturated heterocycles. The number of nitrogen functional groups attached to an aromatic ring is 1. The van der Waals surface area contributed by atoms with Gasteiger partial charge in [0.1, 0.15) is 24.1 Å².